The fraction of sp³-hybridized carbons (Fsp3) is 0.364. The average molecular weight is 239 g/mol. The van der Waals surface area contributed by atoms with Crippen LogP contribution in [0.2, 0.25) is 0 Å². The van der Waals surface area contributed by atoms with Crippen LogP contribution >= 0.6 is 0 Å². The monoisotopic (exact) mass is 239 g/mol. The maximum atomic E-state index is 12.8. The van der Waals surface area contributed by atoms with Gasteiger partial charge in [-0.05, 0) is 18.2 Å². The second-order valence-electron chi connectivity index (χ2n) is 3.77. The Morgan fingerprint density at radius 1 is 1.41 bits per heavy atom. The van der Waals surface area contributed by atoms with E-state index in [0.29, 0.717) is 26.3 Å². The highest BCUT2D eigenvalue weighted by atomic mass is 19.1. The molecule has 92 valence electrons. The fourth-order valence-corrected chi connectivity index (χ4v) is 1.62. The van der Waals surface area contributed by atoms with Crippen molar-refractivity contribution in [1.82, 2.24) is 10.4 Å². The molecule has 17 heavy (non-hydrogen) atoms. The Balaban J connectivity index is 2.03. The van der Waals surface area contributed by atoms with Crippen LogP contribution in [0.15, 0.2) is 18.2 Å². The standard InChI is InChI=1S/C11H14FN3O2/c12-8-1-2-9(10(13)7-8)11(16)14-15-3-5-17-6-4-15/h1-2,7H,3-6,13H2,(H,14,16). The molecule has 0 bridgehead atoms. The number of nitrogens with zero attached hydrogens (tertiary/aromatic N) is 1. The SMILES string of the molecule is Nc1cc(F)ccc1C(=O)NN1CCOCC1. The summed E-state index contributed by atoms with van der Waals surface area (Å²) in [6.07, 6.45) is 0. The van der Waals surface area contributed by atoms with Crippen LogP contribution in [0, 0.1) is 5.82 Å². The molecule has 0 aromatic heterocycles. The second-order valence-corrected chi connectivity index (χ2v) is 3.77. The minimum atomic E-state index is -0.453. The van der Waals surface area contributed by atoms with Crippen LogP contribution in [0.4, 0.5) is 10.1 Å². The van der Waals surface area contributed by atoms with Gasteiger partial charge in [-0.2, -0.15) is 0 Å². The lowest BCUT2D eigenvalue weighted by Gasteiger charge is -2.27. The van der Waals surface area contributed by atoms with E-state index in [4.69, 9.17) is 10.5 Å². The minimum absolute atomic E-state index is 0.135. The van der Waals surface area contributed by atoms with Crippen molar-refractivity contribution in [3.05, 3.63) is 29.6 Å². The first-order valence-corrected chi connectivity index (χ1v) is 5.35. The highest BCUT2D eigenvalue weighted by Gasteiger charge is 2.16. The van der Waals surface area contributed by atoms with Crippen molar-refractivity contribution in [2.24, 2.45) is 0 Å². The van der Waals surface area contributed by atoms with E-state index in [1.165, 1.54) is 12.1 Å². The molecule has 1 amide bonds. The summed E-state index contributed by atoms with van der Waals surface area (Å²) >= 11 is 0. The van der Waals surface area contributed by atoms with Gasteiger partial charge in [-0.3, -0.25) is 10.2 Å². The molecule has 0 unspecified atom stereocenters. The molecule has 6 heteroatoms. The zero-order valence-corrected chi connectivity index (χ0v) is 9.28. The molecular formula is C11H14FN3O2. The zero-order valence-electron chi connectivity index (χ0n) is 9.28. The number of nitrogens with one attached hydrogen (secondary N) is 1. The van der Waals surface area contributed by atoms with Crippen molar-refractivity contribution in [3.63, 3.8) is 0 Å². The zero-order chi connectivity index (χ0) is 12.3. The molecule has 3 N–H and O–H groups in total. The van der Waals surface area contributed by atoms with E-state index >= 15 is 0 Å². The molecule has 1 aliphatic heterocycles. The summed E-state index contributed by atoms with van der Waals surface area (Å²) in [5.74, 6) is -0.783. The molecular weight excluding hydrogens is 225 g/mol. The number of carbonyl (C=O) groups excluding carboxylic acids is 1. The maximum absolute atomic E-state index is 12.8. The molecule has 0 saturated carbocycles. The molecule has 1 aliphatic rings. The Morgan fingerprint density at radius 3 is 2.76 bits per heavy atom. The van der Waals surface area contributed by atoms with Gasteiger partial charge in [0.1, 0.15) is 5.82 Å². The lowest BCUT2D eigenvalue weighted by molar-refractivity contribution is 0.0126. The van der Waals surface area contributed by atoms with Crippen LogP contribution < -0.4 is 11.2 Å². The van der Waals surface area contributed by atoms with Crippen LogP contribution in [-0.4, -0.2) is 37.2 Å². The van der Waals surface area contributed by atoms with Crippen molar-refractivity contribution >= 4 is 11.6 Å². The van der Waals surface area contributed by atoms with Crippen LogP contribution in [0.25, 0.3) is 0 Å². The third-order valence-electron chi connectivity index (χ3n) is 2.53. The summed E-state index contributed by atoms with van der Waals surface area (Å²) < 4.78 is 18.0. The fourth-order valence-electron chi connectivity index (χ4n) is 1.62. The normalized spacial score (nSPS) is 16.8. The molecule has 0 aliphatic carbocycles. The number of nitrogen functional groups attached to an aromatic ring is 1. The van der Waals surface area contributed by atoms with Gasteiger partial charge in [0.15, 0.2) is 0 Å². The summed E-state index contributed by atoms with van der Waals surface area (Å²) in [6, 6.07) is 3.72. The van der Waals surface area contributed by atoms with Gasteiger partial charge >= 0.3 is 0 Å². The van der Waals surface area contributed by atoms with Crippen molar-refractivity contribution in [2.45, 2.75) is 0 Å². The molecule has 0 radical (unpaired) electrons. The number of anilines is 1. The van der Waals surface area contributed by atoms with E-state index in [2.05, 4.69) is 5.43 Å². The second kappa shape index (κ2) is 5.11. The topological polar surface area (TPSA) is 67.6 Å². The number of hydrogen-bond acceptors (Lipinski definition) is 4. The number of halogens is 1. The van der Waals surface area contributed by atoms with E-state index in [1.54, 1.807) is 5.01 Å². The van der Waals surface area contributed by atoms with E-state index < -0.39 is 5.82 Å². The Bertz CT molecular complexity index is 419. The Morgan fingerprint density at radius 2 is 2.12 bits per heavy atom. The molecule has 5 nitrogen and oxygen atoms in total. The van der Waals surface area contributed by atoms with Gasteiger partial charge in [0.25, 0.3) is 5.91 Å². The number of amides is 1. The lowest BCUT2D eigenvalue weighted by Crippen LogP contribution is -2.48. The molecule has 0 atom stereocenters. The Hall–Kier alpha value is -1.66. The van der Waals surface area contributed by atoms with Gasteiger partial charge in [-0.15, -0.1) is 0 Å². The molecule has 2 rings (SSSR count). The van der Waals surface area contributed by atoms with Crippen molar-refractivity contribution in [3.8, 4) is 0 Å². The molecule has 1 fully saturated rings. The van der Waals surface area contributed by atoms with E-state index in [-0.39, 0.29) is 17.2 Å². The minimum Gasteiger partial charge on any atom is -0.398 e. The number of morpholine rings is 1. The number of rotatable bonds is 2. The predicted molar refractivity (Wildman–Crippen MR) is 60.7 cm³/mol. The first-order chi connectivity index (χ1) is 8.16. The van der Waals surface area contributed by atoms with Crippen LogP contribution in [0.5, 0.6) is 0 Å². The number of carbonyl (C=O) groups is 1. The first-order valence-electron chi connectivity index (χ1n) is 5.35. The maximum Gasteiger partial charge on any atom is 0.267 e. The third-order valence-corrected chi connectivity index (χ3v) is 2.53. The Kier molecular flexibility index (Phi) is 3.55. The van der Waals surface area contributed by atoms with Gasteiger partial charge in [0.05, 0.1) is 18.8 Å². The lowest BCUT2D eigenvalue weighted by atomic mass is 10.1. The highest BCUT2D eigenvalue weighted by Crippen LogP contribution is 2.13. The van der Waals surface area contributed by atoms with Crippen LogP contribution in [0.3, 0.4) is 0 Å². The first kappa shape index (κ1) is 11.8. The predicted octanol–water partition coefficient (Wildman–Crippen LogP) is 0.385. The van der Waals surface area contributed by atoms with Gasteiger partial charge in [0.2, 0.25) is 0 Å². The number of hydrazine groups is 1. The van der Waals surface area contributed by atoms with Crippen molar-refractivity contribution < 1.29 is 13.9 Å². The molecule has 1 heterocycles. The van der Waals surface area contributed by atoms with Gasteiger partial charge in [0, 0.05) is 18.8 Å². The quantitative estimate of drug-likeness (QED) is 0.732. The van der Waals surface area contributed by atoms with Crippen LogP contribution in [-0.2, 0) is 4.74 Å². The molecule has 1 saturated heterocycles. The molecule has 1 aromatic carbocycles. The van der Waals surface area contributed by atoms with E-state index in [1.807, 2.05) is 0 Å². The van der Waals surface area contributed by atoms with Crippen molar-refractivity contribution in [2.75, 3.05) is 32.0 Å². The summed E-state index contributed by atoms with van der Waals surface area (Å²) in [4.78, 5) is 11.8. The summed E-state index contributed by atoms with van der Waals surface area (Å²) in [5.41, 5.74) is 8.70. The third kappa shape index (κ3) is 2.92. The van der Waals surface area contributed by atoms with Gasteiger partial charge in [-0.25, -0.2) is 9.40 Å². The van der Waals surface area contributed by atoms with Gasteiger partial charge < -0.3 is 10.5 Å². The largest absolute Gasteiger partial charge is 0.398 e. The smallest absolute Gasteiger partial charge is 0.267 e. The summed E-state index contributed by atoms with van der Waals surface area (Å²) in [6.45, 7) is 2.43. The van der Waals surface area contributed by atoms with Gasteiger partial charge in [-0.1, -0.05) is 0 Å². The average Bonchev–Trinajstić information content (AvgIpc) is 2.30. The van der Waals surface area contributed by atoms with E-state index in [9.17, 15) is 9.18 Å². The molecule has 1 aromatic rings. The number of benzene rings is 1. The number of nitrogens with two attached hydrogens (primary N) is 1. The Labute approximate surface area is 98.3 Å². The van der Waals surface area contributed by atoms with Crippen molar-refractivity contribution in [1.29, 1.82) is 0 Å². The summed E-state index contributed by atoms with van der Waals surface area (Å²) in [7, 11) is 0. The highest BCUT2D eigenvalue weighted by molar-refractivity contribution is 5.98. The number of hydrogen-bond donors (Lipinski definition) is 2. The van der Waals surface area contributed by atoms with Crippen LogP contribution in [0.1, 0.15) is 10.4 Å². The number of ether oxygens (including phenoxy) is 1. The summed E-state index contributed by atoms with van der Waals surface area (Å²) in [5, 5.41) is 1.76. The molecule has 0 spiro atoms. The van der Waals surface area contributed by atoms with E-state index in [0.717, 1.165) is 6.07 Å².